The van der Waals surface area contributed by atoms with E-state index in [9.17, 15) is 16.8 Å². The van der Waals surface area contributed by atoms with E-state index in [0.717, 1.165) is 5.46 Å². The summed E-state index contributed by atoms with van der Waals surface area (Å²) in [7, 11) is -4.65. The molecule has 0 aromatic heterocycles. The van der Waals surface area contributed by atoms with Gasteiger partial charge in [0.05, 0.1) is 16.4 Å². The van der Waals surface area contributed by atoms with Gasteiger partial charge in [-0.1, -0.05) is 17.6 Å². The van der Waals surface area contributed by atoms with Crippen LogP contribution < -0.4 is 10.2 Å². The van der Waals surface area contributed by atoms with Gasteiger partial charge in [0, 0.05) is 6.04 Å². The molecule has 1 saturated heterocycles. The summed E-state index contributed by atoms with van der Waals surface area (Å²) in [6.45, 7) is 0. The minimum atomic E-state index is -3.56. The van der Waals surface area contributed by atoms with Crippen LogP contribution >= 0.6 is 0 Å². The average Bonchev–Trinajstić information content (AvgIpc) is 2.32. The highest BCUT2D eigenvalue weighted by atomic mass is 32.2. The zero-order valence-corrected chi connectivity index (χ0v) is 12.3. The molecule has 5 nitrogen and oxygen atoms in total. The zero-order valence-electron chi connectivity index (χ0n) is 10.7. The van der Waals surface area contributed by atoms with Crippen LogP contribution in [0.25, 0.3) is 0 Å². The molecule has 1 aromatic carbocycles. The van der Waals surface area contributed by atoms with Crippen LogP contribution in [0.4, 0.5) is 0 Å². The molecule has 104 valence electrons. The Kier molecular flexibility index (Phi) is 4.03. The van der Waals surface area contributed by atoms with Gasteiger partial charge in [0.2, 0.25) is 10.0 Å². The monoisotopic (exact) mass is 301 g/mol. The lowest BCUT2D eigenvalue weighted by atomic mass is 9.97. The molecule has 0 atom stereocenters. The molecule has 1 heterocycles. The Hall–Kier alpha value is -0.855. The molecule has 2 rings (SSSR count). The largest absolute Gasteiger partial charge is 0.240 e. The highest BCUT2D eigenvalue weighted by Crippen LogP contribution is 2.15. The van der Waals surface area contributed by atoms with Gasteiger partial charge in [-0.25, -0.2) is 21.6 Å². The van der Waals surface area contributed by atoms with Gasteiger partial charge in [-0.05, 0) is 25.0 Å². The van der Waals surface area contributed by atoms with E-state index >= 15 is 0 Å². The van der Waals surface area contributed by atoms with E-state index in [2.05, 4.69) is 4.72 Å². The first-order valence-corrected chi connectivity index (χ1v) is 9.38. The molecule has 0 spiro atoms. The van der Waals surface area contributed by atoms with Crippen molar-refractivity contribution in [2.45, 2.75) is 23.8 Å². The van der Waals surface area contributed by atoms with Gasteiger partial charge in [0.25, 0.3) is 0 Å². The van der Waals surface area contributed by atoms with Crippen molar-refractivity contribution in [3.05, 3.63) is 24.3 Å². The van der Waals surface area contributed by atoms with Gasteiger partial charge in [0.1, 0.15) is 17.7 Å². The lowest BCUT2D eigenvalue weighted by molar-refractivity contribution is 0.505. The van der Waals surface area contributed by atoms with Crippen LogP contribution in [-0.4, -0.2) is 42.2 Å². The van der Waals surface area contributed by atoms with Crippen LogP contribution in [0.15, 0.2) is 29.2 Å². The topological polar surface area (TPSA) is 80.3 Å². The Morgan fingerprint density at radius 2 is 1.63 bits per heavy atom. The van der Waals surface area contributed by atoms with Crippen LogP contribution in [0.5, 0.6) is 0 Å². The highest BCUT2D eigenvalue weighted by Gasteiger charge is 2.27. The van der Waals surface area contributed by atoms with Crippen molar-refractivity contribution >= 4 is 33.2 Å². The maximum atomic E-state index is 12.1. The molecular formula is C11H16BNO4S2. The Morgan fingerprint density at radius 3 is 2.16 bits per heavy atom. The number of hydrogen-bond acceptors (Lipinski definition) is 4. The maximum absolute atomic E-state index is 12.1. The van der Waals surface area contributed by atoms with Crippen LogP contribution in [0.1, 0.15) is 12.8 Å². The lowest BCUT2D eigenvalue weighted by Gasteiger charge is -2.22. The molecule has 0 amide bonds. The number of benzene rings is 1. The van der Waals surface area contributed by atoms with Crippen LogP contribution in [0, 0.1) is 0 Å². The van der Waals surface area contributed by atoms with Crippen molar-refractivity contribution in [2.24, 2.45) is 0 Å². The Bertz CT molecular complexity index is 638. The van der Waals surface area contributed by atoms with Crippen molar-refractivity contribution in [3.63, 3.8) is 0 Å². The summed E-state index contributed by atoms with van der Waals surface area (Å²) >= 11 is 0. The normalized spacial score (nSPS) is 20.2. The van der Waals surface area contributed by atoms with Gasteiger partial charge < -0.3 is 0 Å². The summed E-state index contributed by atoms with van der Waals surface area (Å²) in [5.74, 6) is 0.0994. The smallest absolute Gasteiger partial charge is 0.229 e. The number of hydrogen-bond donors (Lipinski definition) is 1. The standard InChI is InChI=1S/C11H16BNO4S2/c12-9-1-3-11(4-2-9)19(16,17)13-10-5-7-18(14,15)8-6-10/h1-4,10,13H,5-8,12H2. The summed E-state index contributed by atoms with van der Waals surface area (Å²) in [6.07, 6.45) is 0.681. The fourth-order valence-electron chi connectivity index (χ4n) is 2.01. The Balaban J connectivity index is 2.08. The van der Waals surface area contributed by atoms with Crippen LogP contribution in [0.2, 0.25) is 0 Å². The number of sulfone groups is 1. The van der Waals surface area contributed by atoms with Gasteiger partial charge in [-0.15, -0.1) is 0 Å². The molecule has 1 aliphatic heterocycles. The summed E-state index contributed by atoms with van der Waals surface area (Å²) in [4.78, 5) is 0.214. The van der Waals surface area contributed by atoms with E-state index in [-0.39, 0.29) is 22.4 Å². The van der Waals surface area contributed by atoms with Crippen molar-refractivity contribution in [3.8, 4) is 0 Å². The number of rotatable bonds is 3. The van der Waals surface area contributed by atoms with Crippen molar-refractivity contribution < 1.29 is 16.8 Å². The van der Waals surface area contributed by atoms with Crippen molar-refractivity contribution in [2.75, 3.05) is 11.5 Å². The van der Waals surface area contributed by atoms with Gasteiger partial charge in [0.15, 0.2) is 0 Å². The zero-order chi connectivity index (χ0) is 14.1. The minimum absolute atomic E-state index is 0.0497. The SMILES string of the molecule is Bc1ccc(S(=O)(=O)NC2CCS(=O)(=O)CC2)cc1. The Labute approximate surface area is 114 Å². The molecule has 0 saturated carbocycles. The third-order valence-electron chi connectivity index (χ3n) is 3.21. The van der Waals surface area contributed by atoms with E-state index in [4.69, 9.17) is 0 Å². The predicted octanol–water partition coefficient (Wildman–Crippen LogP) is -1.20. The summed E-state index contributed by atoms with van der Waals surface area (Å²) in [5.41, 5.74) is 0.989. The second kappa shape index (κ2) is 5.26. The van der Waals surface area contributed by atoms with Crippen molar-refractivity contribution in [1.29, 1.82) is 0 Å². The van der Waals surface area contributed by atoms with E-state index in [1.165, 1.54) is 0 Å². The quantitative estimate of drug-likeness (QED) is 0.711. The second-order valence-electron chi connectivity index (χ2n) is 4.86. The Morgan fingerprint density at radius 1 is 1.11 bits per heavy atom. The first-order chi connectivity index (χ1) is 8.78. The number of nitrogens with one attached hydrogen (secondary N) is 1. The van der Waals surface area contributed by atoms with E-state index in [1.54, 1.807) is 24.3 Å². The molecular weight excluding hydrogens is 285 g/mol. The van der Waals surface area contributed by atoms with E-state index in [0.29, 0.717) is 12.8 Å². The molecule has 8 heteroatoms. The molecule has 1 aliphatic rings. The molecule has 0 aliphatic carbocycles. The second-order valence-corrected chi connectivity index (χ2v) is 8.88. The number of sulfonamides is 1. The molecule has 0 unspecified atom stereocenters. The van der Waals surface area contributed by atoms with E-state index < -0.39 is 19.9 Å². The first-order valence-electron chi connectivity index (χ1n) is 6.08. The van der Waals surface area contributed by atoms with Gasteiger partial charge in [-0.3, -0.25) is 0 Å². The molecule has 19 heavy (non-hydrogen) atoms. The molecule has 1 fully saturated rings. The predicted molar refractivity (Wildman–Crippen MR) is 76.6 cm³/mol. The minimum Gasteiger partial charge on any atom is -0.229 e. The average molecular weight is 301 g/mol. The molecule has 1 aromatic rings. The van der Waals surface area contributed by atoms with E-state index in [1.807, 2.05) is 7.85 Å². The first kappa shape index (κ1) is 14.6. The third kappa shape index (κ3) is 3.81. The van der Waals surface area contributed by atoms with Gasteiger partial charge in [-0.2, -0.15) is 0 Å². The molecule has 0 bridgehead atoms. The van der Waals surface area contributed by atoms with Crippen molar-refractivity contribution in [1.82, 2.24) is 4.72 Å². The third-order valence-corrected chi connectivity index (χ3v) is 6.46. The highest BCUT2D eigenvalue weighted by molar-refractivity contribution is 7.91. The fraction of sp³-hybridized carbons (Fsp3) is 0.455. The van der Waals surface area contributed by atoms with Crippen LogP contribution in [-0.2, 0) is 19.9 Å². The summed E-state index contributed by atoms with van der Waals surface area (Å²) < 4.78 is 49.4. The summed E-state index contributed by atoms with van der Waals surface area (Å²) in [6, 6.07) is 6.28. The van der Waals surface area contributed by atoms with Gasteiger partial charge >= 0.3 is 0 Å². The molecule has 1 N–H and O–H groups in total. The maximum Gasteiger partial charge on any atom is 0.240 e. The van der Waals surface area contributed by atoms with Crippen LogP contribution in [0.3, 0.4) is 0 Å². The lowest BCUT2D eigenvalue weighted by Crippen LogP contribution is -2.40. The molecule has 0 radical (unpaired) electrons. The fourth-order valence-corrected chi connectivity index (χ4v) is 4.81. The summed E-state index contributed by atoms with van der Waals surface area (Å²) in [5, 5.41) is 0.